The molecule has 0 aliphatic carbocycles. The van der Waals surface area contributed by atoms with Crippen LogP contribution in [0.1, 0.15) is 20.3 Å². The van der Waals surface area contributed by atoms with Crippen LogP contribution in [-0.4, -0.2) is 29.7 Å². The van der Waals surface area contributed by atoms with Crippen LogP contribution in [0.5, 0.6) is 0 Å². The van der Waals surface area contributed by atoms with Crippen LogP contribution in [0.25, 0.3) is 0 Å². The Hall–Kier alpha value is -1.17. The van der Waals surface area contributed by atoms with Crippen LogP contribution in [0.15, 0.2) is 0 Å². The van der Waals surface area contributed by atoms with E-state index in [1.165, 1.54) is 0 Å². The van der Waals surface area contributed by atoms with Crippen molar-refractivity contribution in [1.82, 2.24) is 4.90 Å². The van der Waals surface area contributed by atoms with Gasteiger partial charge >= 0.3 is 6.09 Å². The van der Waals surface area contributed by atoms with E-state index in [0.717, 1.165) is 6.42 Å². The first-order valence-corrected chi connectivity index (χ1v) is 4.00. The summed E-state index contributed by atoms with van der Waals surface area (Å²) in [5, 5.41) is 0. The van der Waals surface area contributed by atoms with Gasteiger partial charge in [-0.3, -0.25) is 4.90 Å². The number of carbonyl (C=O) groups excluding carboxylic acids is 1. The number of nitrogens with zero attached hydrogens (tertiary/aromatic N) is 1. The second-order valence-electron chi connectivity index (χ2n) is 3.32. The first-order chi connectivity index (χ1) is 5.58. The minimum Gasteiger partial charge on any atom is -0.449 e. The second kappa shape index (κ2) is 3.06. The molecule has 1 heterocycles. The van der Waals surface area contributed by atoms with Gasteiger partial charge in [-0.25, -0.2) is 4.79 Å². The monoisotopic (exact) mass is 167 g/mol. The minimum absolute atomic E-state index is 0.302. The summed E-state index contributed by atoms with van der Waals surface area (Å²) in [5.41, 5.74) is -0.530. The van der Waals surface area contributed by atoms with Crippen molar-refractivity contribution >= 4 is 6.09 Å². The van der Waals surface area contributed by atoms with E-state index in [-0.39, 0.29) is 6.09 Å². The molecular weight excluding hydrogens is 154 g/mol. The average molecular weight is 167 g/mol. The van der Waals surface area contributed by atoms with Crippen LogP contribution in [-0.2, 0) is 4.74 Å². The van der Waals surface area contributed by atoms with Gasteiger partial charge in [-0.1, -0.05) is 5.92 Å². The van der Waals surface area contributed by atoms with Gasteiger partial charge < -0.3 is 4.74 Å². The van der Waals surface area contributed by atoms with E-state index in [1.807, 2.05) is 13.8 Å². The zero-order valence-electron chi connectivity index (χ0n) is 7.46. The number of cyclic esters (lactones) is 1. The van der Waals surface area contributed by atoms with Gasteiger partial charge in [0, 0.05) is 6.54 Å². The molecule has 1 aliphatic heterocycles. The Morgan fingerprint density at radius 1 is 1.67 bits per heavy atom. The lowest BCUT2D eigenvalue weighted by molar-refractivity contribution is 0.0473. The molecule has 0 radical (unpaired) electrons. The van der Waals surface area contributed by atoms with E-state index >= 15 is 0 Å². The summed E-state index contributed by atoms with van der Waals surface area (Å²) in [6, 6.07) is 0. The summed E-state index contributed by atoms with van der Waals surface area (Å²) in [5.74, 6) is 2.57. The lowest BCUT2D eigenvalue weighted by atomic mass is 10.0. The van der Waals surface area contributed by atoms with Crippen molar-refractivity contribution in [2.45, 2.75) is 25.8 Å². The molecular formula is C9H13NO2. The lowest BCUT2D eigenvalue weighted by Gasteiger charge is -2.36. The number of hydrogen-bond acceptors (Lipinski definition) is 2. The standard InChI is InChI=1S/C9H13NO2/c1-4-9(2,3)10-6-5-7-12-8(10)11/h1H,5-7H2,2-3H3. The van der Waals surface area contributed by atoms with Gasteiger partial charge in [0.25, 0.3) is 0 Å². The molecule has 12 heavy (non-hydrogen) atoms. The van der Waals surface area contributed by atoms with E-state index in [2.05, 4.69) is 5.92 Å². The summed E-state index contributed by atoms with van der Waals surface area (Å²) in [6.45, 7) is 4.87. The van der Waals surface area contributed by atoms with Gasteiger partial charge in [-0.2, -0.15) is 0 Å². The number of hydrogen-bond donors (Lipinski definition) is 0. The number of terminal acetylenes is 1. The molecule has 0 aromatic heterocycles. The molecule has 1 rings (SSSR count). The maximum Gasteiger partial charge on any atom is 0.410 e. The van der Waals surface area contributed by atoms with Gasteiger partial charge in [0.2, 0.25) is 0 Å². The molecule has 3 heteroatoms. The largest absolute Gasteiger partial charge is 0.449 e. The molecule has 0 aromatic carbocycles. The zero-order valence-corrected chi connectivity index (χ0v) is 7.46. The number of carbonyl (C=O) groups is 1. The molecule has 0 N–H and O–H groups in total. The van der Waals surface area contributed by atoms with E-state index < -0.39 is 5.54 Å². The van der Waals surface area contributed by atoms with Crippen LogP contribution in [0.4, 0.5) is 4.79 Å². The summed E-state index contributed by atoms with van der Waals surface area (Å²) >= 11 is 0. The van der Waals surface area contributed by atoms with Crippen molar-refractivity contribution < 1.29 is 9.53 Å². The number of ether oxygens (including phenoxy) is 1. The minimum atomic E-state index is -0.530. The Bertz CT molecular complexity index is 227. The molecule has 0 aromatic rings. The van der Waals surface area contributed by atoms with Gasteiger partial charge in [-0.05, 0) is 20.3 Å². The van der Waals surface area contributed by atoms with Crippen molar-refractivity contribution in [1.29, 1.82) is 0 Å². The number of rotatable bonds is 1. The molecule has 1 aliphatic rings. The second-order valence-corrected chi connectivity index (χ2v) is 3.32. The van der Waals surface area contributed by atoms with E-state index in [0.29, 0.717) is 13.2 Å². The van der Waals surface area contributed by atoms with Crippen molar-refractivity contribution in [2.75, 3.05) is 13.2 Å². The molecule has 3 nitrogen and oxygen atoms in total. The SMILES string of the molecule is C#CC(C)(C)N1CCCOC1=O. The summed E-state index contributed by atoms with van der Waals surface area (Å²) < 4.78 is 4.87. The highest BCUT2D eigenvalue weighted by Gasteiger charge is 2.31. The van der Waals surface area contributed by atoms with Crippen LogP contribution >= 0.6 is 0 Å². The molecule has 0 spiro atoms. The fraction of sp³-hybridized carbons (Fsp3) is 0.667. The highest BCUT2D eigenvalue weighted by Crippen LogP contribution is 2.17. The Labute approximate surface area is 72.7 Å². The Balaban J connectivity index is 2.73. The van der Waals surface area contributed by atoms with Gasteiger partial charge in [0.15, 0.2) is 0 Å². The topological polar surface area (TPSA) is 29.5 Å². The van der Waals surface area contributed by atoms with Crippen molar-refractivity contribution in [3.05, 3.63) is 0 Å². The van der Waals surface area contributed by atoms with Crippen LogP contribution < -0.4 is 0 Å². The molecule has 0 atom stereocenters. The van der Waals surface area contributed by atoms with Gasteiger partial charge in [0.1, 0.15) is 5.54 Å². The zero-order chi connectivity index (χ0) is 9.19. The van der Waals surface area contributed by atoms with Crippen molar-refractivity contribution in [2.24, 2.45) is 0 Å². The molecule has 1 amide bonds. The maximum atomic E-state index is 11.2. The average Bonchev–Trinajstić information content (AvgIpc) is 2.05. The first kappa shape index (κ1) is 8.92. The third kappa shape index (κ3) is 1.53. The maximum absolute atomic E-state index is 11.2. The Morgan fingerprint density at radius 3 is 2.83 bits per heavy atom. The third-order valence-corrected chi connectivity index (χ3v) is 2.00. The third-order valence-electron chi connectivity index (χ3n) is 2.00. The number of amides is 1. The molecule has 66 valence electrons. The molecule has 1 saturated heterocycles. The fourth-order valence-corrected chi connectivity index (χ4v) is 1.14. The molecule has 1 fully saturated rings. The fourth-order valence-electron chi connectivity index (χ4n) is 1.14. The van der Waals surface area contributed by atoms with Gasteiger partial charge in [0.05, 0.1) is 6.61 Å². The summed E-state index contributed by atoms with van der Waals surface area (Å²) in [6.07, 6.45) is 5.86. The Morgan fingerprint density at radius 2 is 2.33 bits per heavy atom. The molecule has 0 unspecified atom stereocenters. The first-order valence-electron chi connectivity index (χ1n) is 4.00. The Kier molecular flexibility index (Phi) is 2.27. The summed E-state index contributed by atoms with van der Waals surface area (Å²) in [4.78, 5) is 12.8. The highest BCUT2D eigenvalue weighted by molar-refractivity contribution is 5.70. The van der Waals surface area contributed by atoms with Crippen LogP contribution in [0.2, 0.25) is 0 Å². The predicted octanol–water partition coefficient (Wildman–Crippen LogP) is 1.24. The normalized spacial score (nSPS) is 18.4. The predicted molar refractivity (Wildman–Crippen MR) is 45.6 cm³/mol. The molecule has 0 bridgehead atoms. The lowest BCUT2D eigenvalue weighted by Crippen LogP contribution is -2.50. The highest BCUT2D eigenvalue weighted by atomic mass is 16.6. The van der Waals surface area contributed by atoms with Crippen LogP contribution in [0, 0.1) is 12.3 Å². The van der Waals surface area contributed by atoms with E-state index in [9.17, 15) is 4.79 Å². The molecule has 0 saturated carbocycles. The van der Waals surface area contributed by atoms with Gasteiger partial charge in [-0.15, -0.1) is 6.42 Å². The summed E-state index contributed by atoms with van der Waals surface area (Å²) in [7, 11) is 0. The van der Waals surface area contributed by atoms with Crippen LogP contribution in [0.3, 0.4) is 0 Å². The van der Waals surface area contributed by atoms with E-state index in [4.69, 9.17) is 11.2 Å². The van der Waals surface area contributed by atoms with E-state index in [1.54, 1.807) is 4.90 Å². The smallest absolute Gasteiger partial charge is 0.410 e. The van der Waals surface area contributed by atoms with Crippen molar-refractivity contribution in [3.63, 3.8) is 0 Å². The quantitative estimate of drug-likeness (QED) is 0.550. The van der Waals surface area contributed by atoms with Crippen molar-refractivity contribution in [3.8, 4) is 12.3 Å².